The van der Waals surface area contributed by atoms with Crippen molar-refractivity contribution in [2.45, 2.75) is 11.4 Å². The molecule has 1 N–H and O–H groups in total. The second kappa shape index (κ2) is 6.57. The van der Waals surface area contributed by atoms with Crippen LogP contribution in [0.4, 0.5) is 4.39 Å². The fraction of sp³-hybridized carbons (Fsp3) is 0.0625. The maximum Gasteiger partial charge on any atom is 0.240 e. The summed E-state index contributed by atoms with van der Waals surface area (Å²) in [6.07, 6.45) is 1.66. The molecule has 0 atom stereocenters. The SMILES string of the molecule is O=S(=O)(NCc1cccnc1-c1ccsc1)c1cccc(F)c1. The van der Waals surface area contributed by atoms with E-state index in [9.17, 15) is 12.8 Å². The van der Waals surface area contributed by atoms with Crippen LogP contribution in [0.1, 0.15) is 5.56 Å². The molecular formula is C16H13FN2O2S2. The van der Waals surface area contributed by atoms with Gasteiger partial charge in [0.25, 0.3) is 0 Å². The van der Waals surface area contributed by atoms with Gasteiger partial charge < -0.3 is 0 Å². The summed E-state index contributed by atoms with van der Waals surface area (Å²) in [5.41, 5.74) is 2.43. The predicted octanol–water partition coefficient (Wildman–Crippen LogP) is 3.43. The predicted molar refractivity (Wildman–Crippen MR) is 88.0 cm³/mol. The quantitative estimate of drug-likeness (QED) is 0.768. The van der Waals surface area contributed by atoms with E-state index in [0.29, 0.717) is 0 Å². The first kappa shape index (κ1) is 15.8. The molecule has 0 amide bonds. The summed E-state index contributed by atoms with van der Waals surface area (Å²) in [4.78, 5) is 4.22. The van der Waals surface area contributed by atoms with Gasteiger partial charge in [-0.05, 0) is 41.3 Å². The minimum absolute atomic E-state index is 0.0812. The normalized spacial score (nSPS) is 11.5. The van der Waals surface area contributed by atoms with Crippen molar-refractivity contribution in [2.75, 3.05) is 0 Å². The van der Waals surface area contributed by atoms with E-state index in [1.54, 1.807) is 23.6 Å². The molecule has 0 radical (unpaired) electrons. The third-order valence-electron chi connectivity index (χ3n) is 3.24. The minimum Gasteiger partial charge on any atom is -0.256 e. The van der Waals surface area contributed by atoms with Crippen LogP contribution in [0.25, 0.3) is 11.3 Å². The van der Waals surface area contributed by atoms with Crippen molar-refractivity contribution >= 4 is 21.4 Å². The minimum atomic E-state index is -3.78. The Morgan fingerprint density at radius 1 is 1.17 bits per heavy atom. The van der Waals surface area contributed by atoms with Crippen molar-refractivity contribution in [3.05, 3.63) is 70.8 Å². The second-order valence-corrected chi connectivity index (χ2v) is 7.35. The Balaban J connectivity index is 1.84. The summed E-state index contributed by atoms with van der Waals surface area (Å²) < 4.78 is 40.2. The molecule has 0 bridgehead atoms. The van der Waals surface area contributed by atoms with E-state index in [1.165, 1.54) is 18.2 Å². The number of nitrogens with one attached hydrogen (secondary N) is 1. The van der Waals surface area contributed by atoms with Gasteiger partial charge in [0.2, 0.25) is 10.0 Å². The Bertz CT molecular complexity index is 909. The van der Waals surface area contributed by atoms with Gasteiger partial charge in [0, 0.05) is 23.7 Å². The number of benzene rings is 1. The van der Waals surface area contributed by atoms with E-state index in [0.717, 1.165) is 22.9 Å². The Kier molecular flexibility index (Phi) is 4.51. The van der Waals surface area contributed by atoms with E-state index < -0.39 is 15.8 Å². The molecule has 0 fully saturated rings. The average Bonchev–Trinajstić information content (AvgIpc) is 3.08. The van der Waals surface area contributed by atoms with Crippen molar-refractivity contribution in [3.63, 3.8) is 0 Å². The van der Waals surface area contributed by atoms with E-state index in [4.69, 9.17) is 0 Å². The highest BCUT2D eigenvalue weighted by Gasteiger charge is 2.16. The number of sulfonamides is 1. The lowest BCUT2D eigenvalue weighted by Crippen LogP contribution is -2.23. The Morgan fingerprint density at radius 2 is 2.04 bits per heavy atom. The third-order valence-corrected chi connectivity index (χ3v) is 5.33. The van der Waals surface area contributed by atoms with Crippen LogP contribution in [-0.2, 0) is 16.6 Å². The van der Waals surface area contributed by atoms with Crippen LogP contribution in [0.2, 0.25) is 0 Å². The third kappa shape index (κ3) is 3.64. The smallest absolute Gasteiger partial charge is 0.240 e. The highest BCUT2D eigenvalue weighted by atomic mass is 32.2. The number of hydrogen-bond acceptors (Lipinski definition) is 4. The van der Waals surface area contributed by atoms with Gasteiger partial charge in [0.15, 0.2) is 0 Å². The molecule has 0 saturated heterocycles. The molecule has 118 valence electrons. The van der Waals surface area contributed by atoms with Gasteiger partial charge in [-0.15, -0.1) is 0 Å². The largest absolute Gasteiger partial charge is 0.256 e. The van der Waals surface area contributed by atoms with Gasteiger partial charge in [-0.1, -0.05) is 12.1 Å². The zero-order valence-electron chi connectivity index (χ0n) is 11.9. The van der Waals surface area contributed by atoms with Crippen LogP contribution < -0.4 is 4.72 Å². The summed E-state index contributed by atoms with van der Waals surface area (Å²) in [5, 5.41) is 3.89. The number of thiophene rings is 1. The summed E-state index contributed by atoms with van der Waals surface area (Å²) >= 11 is 1.54. The van der Waals surface area contributed by atoms with Crippen molar-refractivity contribution in [2.24, 2.45) is 0 Å². The van der Waals surface area contributed by atoms with Gasteiger partial charge in [0.05, 0.1) is 10.6 Å². The van der Waals surface area contributed by atoms with Crippen LogP contribution >= 0.6 is 11.3 Å². The number of hydrogen-bond donors (Lipinski definition) is 1. The average molecular weight is 348 g/mol. The standard InChI is InChI=1S/C16H13FN2O2S2/c17-14-4-1-5-15(9-14)23(20,21)19-10-12-3-2-7-18-16(12)13-6-8-22-11-13/h1-9,11,19H,10H2. The fourth-order valence-electron chi connectivity index (χ4n) is 2.13. The maximum absolute atomic E-state index is 13.2. The Labute approximate surface area is 137 Å². The first-order valence-corrected chi connectivity index (χ1v) is 9.20. The van der Waals surface area contributed by atoms with Crippen LogP contribution in [0, 0.1) is 5.82 Å². The Morgan fingerprint density at radius 3 is 2.78 bits per heavy atom. The van der Waals surface area contributed by atoms with Gasteiger partial charge in [0.1, 0.15) is 5.82 Å². The van der Waals surface area contributed by atoms with Crippen LogP contribution in [0.3, 0.4) is 0 Å². The van der Waals surface area contributed by atoms with Gasteiger partial charge in [-0.25, -0.2) is 17.5 Å². The monoisotopic (exact) mass is 348 g/mol. The molecule has 2 aromatic heterocycles. The molecule has 0 spiro atoms. The topological polar surface area (TPSA) is 59.1 Å². The molecular weight excluding hydrogens is 335 g/mol. The van der Waals surface area contributed by atoms with Crippen LogP contribution in [0.15, 0.2) is 64.3 Å². The number of rotatable bonds is 5. The number of aromatic nitrogens is 1. The van der Waals surface area contributed by atoms with Crippen molar-refractivity contribution < 1.29 is 12.8 Å². The molecule has 0 aliphatic carbocycles. The molecule has 4 nitrogen and oxygen atoms in total. The lowest BCUT2D eigenvalue weighted by molar-refractivity contribution is 0.577. The van der Waals surface area contributed by atoms with E-state index >= 15 is 0 Å². The maximum atomic E-state index is 13.2. The van der Waals surface area contributed by atoms with Gasteiger partial charge in [-0.3, -0.25) is 4.98 Å². The molecule has 0 aliphatic heterocycles. The second-order valence-electron chi connectivity index (χ2n) is 4.81. The van der Waals surface area contributed by atoms with Gasteiger partial charge in [-0.2, -0.15) is 11.3 Å². The molecule has 7 heteroatoms. The first-order chi connectivity index (χ1) is 11.1. The number of halogens is 1. The molecule has 3 aromatic rings. The van der Waals surface area contributed by atoms with Crippen molar-refractivity contribution in [1.29, 1.82) is 0 Å². The molecule has 3 rings (SSSR count). The molecule has 1 aromatic carbocycles. The summed E-state index contributed by atoms with van der Waals surface area (Å²) in [7, 11) is -3.78. The molecule has 2 heterocycles. The zero-order valence-corrected chi connectivity index (χ0v) is 13.6. The number of pyridine rings is 1. The first-order valence-electron chi connectivity index (χ1n) is 6.78. The van der Waals surface area contributed by atoms with E-state index in [2.05, 4.69) is 9.71 Å². The zero-order chi connectivity index (χ0) is 16.3. The van der Waals surface area contributed by atoms with Crippen LogP contribution in [-0.4, -0.2) is 13.4 Å². The molecule has 23 heavy (non-hydrogen) atoms. The van der Waals surface area contributed by atoms with Crippen molar-refractivity contribution in [3.8, 4) is 11.3 Å². The van der Waals surface area contributed by atoms with Crippen LogP contribution in [0.5, 0.6) is 0 Å². The summed E-state index contributed by atoms with van der Waals surface area (Å²) in [6, 6.07) is 10.4. The van der Waals surface area contributed by atoms with E-state index in [-0.39, 0.29) is 11.4 Å². The molecule has 0 unspecified atom stereocenters. The lowest BCUT2D eigenvalue weighted by Gasteiger charge is -2.10. The fourth-order valence-corrected chi connectivity index (χ4v) is 3.81. The molecule has 0 aliphatic rings. The highest BCUT2D eigenvalue weighted by molar-refractivity contribution is 7.89. The van der Waals surface area contributed by atoms with Gasteiger partial charge >= 0.3 is 0 Å². The van der Waals surface area contributed by atoms with E-state index in [1.807, 2.05) is 22.9 Å². The summed E-state index contributed by atoms with van der Waals surface area (Å²) in [6.45, 7) is 0.0812. The number of nitrogens with zero attached hydrogens (tertiary/aromatic N) is 1. The van der Waals surface area contributed by atoms with Crippen molar-refractivity contribution in [1.82, 2.24) is 9.71 Å². The Hall–Kier alpha value is -2.09. The molecule has 0 saturated carbocycles. The lowest BCUT2D eigenvalue weighted by atomic mass is 10.1. The highest BCUT2D eigenvalue weighted by Crippen LogP contribution is 2.23. The summed E-state index contributed by atoms with van der Waals surface area (Å²) in [5.74, 6) is -0.590.